The number of hydrazine groups is 1. The summed E-state index contributed by atoms with van der Waals surface area (Å²) in [5.74, 6) is 5.42. The van der Waals surface area contributed by atoms with Crippen LogP contribution in [-0.4, -0.2) is 13.0 Å². The zero-order valence-corrected chi connectivity index (χ0v) is 12.7. The number of carbonyl (C=O) groups excluding carboxylic acids is 1. The molecule has 4 nitrogen and oxygen atoms in total. The summed E-state index contributed by atoms with van der Waals surface area (Å²) in [6.45, 7) is 4.07. The first-order valence-corrected chi connectivity index (χ1v) is 7.01. The number of benzene rings is 2. The van der Waals surface area contributed by atoms with E-state index in [0.717, 1.165) is 17.7 Å². The minimum Gasteiger partial charge on any atom is -0.323 e. The lowest BCUT2D eigenvalue weighted by atomic mass is 10.1. The van der Waals surface area contributed by atoms with Crippen LogP contribution < -0.4 is 16.2 Å². The van der Waals surface area contributed by atoms with Gasteiger partial charge in [0, 0.05) is 12.7 Å². The van der Waals surface area contributed by atoms with E-state index in [1.807, 2.05) is 43.3 Å². The van der Waals surface area contributed by atoms with Crippen LogP contribution in [0.4, 0.5) is 11.4 Å². The van der Waals surface area contributed by atoms with Gasteiger partial charge < -0.3 is 10.3 Å². The lowest BCUT2D eigenvalue weighted by Crippen LogP contribution is -2.27. The van der Waals surface area contributed by atoms with Crippen LogP contribution in [0.25, 0.3) is 0 Å². The smallest absolute Gasteiger partial charge is 0.260 e. The molecule has 0 aromatic heterocycles. The van der Waals surface area contributed by atoms with Gasteiger partial charge in [-0.2, -0.15) is 0 Å². The predicted octanol–water partition coefficient (Wildman–Crippen LogP) is 3.12. The van der Waals surface area contributed by atoms with Crippen LogP contribution in [-0.2, 0) is 6.42 Å². The SMILES string of the molecule is CCc1ccc(N(C)C(=O)c2ccc(C)cc2NN)cc1. The van der Waals surface area contributed by atoms with Gasteiger partial charge in [-0.25, -0.2) is 0 Å². The van der Waals surface area contributed by atoms with Crippen LogP contribution in [0, 0.1) is 6.92 Å². The summed E-state index contributed by atoms with van der Waals surface area (Å²) in [4.78, 5) is 14.3. The molecule has 2 rings (SSSR count). The number of aryl methyl sites for hydroxylation is 2. The zero-order chi connectivity index (χ0) is 15.4. The number of hydrogen-bond donors (Lipinski definition) is 2. The highest BCUT2D eigenvalue weighted by atomic mass is 16.2. The molecule has 0 unspecified atom stereocenters. The van der Waals surface area contributed by atoms with Crippen molar-refractivity contribution < 1.29 is 4.79 Å². The van der Waals surface area contributed by atoms with E-state index in [2.05, 4.69) is 12.3 Å². The summed E-state index contributed by atoms with van der Waals surface area (Å²) in [6, 6.07) is 13.6. The molecule has 0 aliphatic heterocycles. The van der Waals surface area contributed by atoms with E-state index in [1.165, 1.54) is 5.56 Å². The van der Waals surface area contributed by atoms with E-state index >= 15 is 0 Å². The van der Waals surface area contributed by atoms with Crippen LogP contribution in [0.2, 0.25) is 0 Å². The quantitative estimate of drug-likeness (QED) is 0.669. The Morgan fingerprint density at radius 2 is 1.86 bits per heavy atom. The summed E-state index contributed by atoms with van der Waals surface area (Å²) >= 11 is 0. The van der Waals surface area contributed by atoms with Crippen molar-refractivity contribution in [3.05, 3.63) is 59.2 Å². The highest BCUT2D eigenvalue weighted by molar-refractivity contribution is 6.09. The molecule has 2 aromatic carbocycles. The molecule has 21 heavy (non-hydrogen) atoms. The minimum absolute atomic E-state index is 0.0906. The highest BCUT2D eigenvalue weighted by Gasteiger charge is 2.17. The van der Waals surface area contributed by atoms with Crippen LogP contribution in [0.15, 0.2) is 42.5 Å². The average Bonchev–Trinajstić information content (AvgIpc) is 2.53. The molecule has 4 heteroatoms. The summed E-state index contributed by atoms with van der Waals surface area (Å²) in [7, 11) is 1.77. The molecule has 0 saturated heterocycles. The number of nitrogens with two attached hydrogens (primary N) is 1. The normalized spacial score (nSPS) is 10.3. The van der Waals surface area contributed by atoms with Gasteiger partial charge in [-0.3, -0.25) is 10.6 Å². The molecule has 0 aliphatic carbocycles. The Morgan fingerprint density at radius 3 is 2.43 bits per heavy atom. The topological polar surface area (TPSA) is 58.4 Å². The Hall–Kier alpha value is -2.33. The maximum atomic E-state index is 12.6. The molecule has 0 bridgehead atoms. The maximum Gasteiger partial charge on any atom is 0.260 e. The van der Waals surface area contributed by atoms with Gasteiger partial charge in [0.25, 0.3) is 5.91 Å². The predicted molar refractivity (Wildman–Crippen MR) is 87.5 cm³/mol. The summed E-state index contributed by atoms with van der Waals surface area (Å²) in [6.07, 6.45) is 0.983. The monoisotopic (exact) mass is 283 g/mol. The number of amides is 1. The van der Waals surface area contributed by atoms with Gasteiger partial charge in [0.15, 0.2) is 0 Å². The largest absolute Gasteiger partial charge is 0.323 e. The Labute approximate surface area is 125 Å². The molecule has 0 spiro atoms. The third kappa shape index (κ3) is 3.23. The van der Waals surface area contributed by atoms with E-state index in [9.17, 15) is 4.79 Å². The van der Waals surface area contributed by atoms with Crippen molar-refractivity contribution in [3.8, 4) is 0 Å². The molecule has 2 aromatic rings. The molecule has 0 aliphatic rings. The molecule has 0 radical (unpaired) electrons. The highest BCUT2D eigenvalue weighted by Crippen LogP contribution is 2.22. The first-order chi connectivity index (χ1) is 10.1. The van der Waals surface area contributed by atoms with E-state index in [1.54, 1.807) is 18.0 Å². The van der Waals surface area contributed by atoms with Gasteiger partial charge in [-0.15, -0.1) is 0 Å². The molecule has 3 N–H and O–H groups in total. The average molecular weight is 283 g/mol. The van der Waals surface area contributed by atoms with Crippen LogP contribution in [0.1, 0.15) is 28.4 Å². The molecule has 1 amide bonds. The Morgan fingerprint density at radius 1 is 1.19 bits per heavy atom. The van der Waals surface area contributed by atoms with Gasteiger partial charge >= 0.3 is 0 Å². The van der Waals surface area contributed by atoms with Gasteiger partial charge in [0.05, 0.1) is 11.3 Å². The van der Waals surface area contributed by atoms with Crippen LogP contribution in [0.5, 0.6) is 0 Å². The lowest BCUT2D eigenvalue weighted by Gasteiger charge is -2.19. The van der Waals surface area contributed by atoms with Crippen molar-refractivity contribution in [1.29, 1.82) is 0 Å². The standard InChI is InChI=1S/C17H21N3O/c1-4-13-6-8-14(9-7-13)20(3)17(21)15-10-5-12(2)11-16(15)19-18/h5-11,19H,4,18H2,1-3H3. The second-order valence-corrected chi connectivity index (χ2v) is 5.08. The van der Waals surface area contributed by atoms with E-state index in [4.69, 9.17) is 5.84 Å². The molecule has 0 saturated carbocycles. The number of nitrogen functional groups attached to an aromatic ring is 1. The lowest BCUT2D eigenvalue weighted by molar-refractivity contribution is 0.0993. The molecule has 0 heterocycles. The van der Waals surface area contributed by atoms with Crippen molar-refractivity contribution in [2.45, 2.75) is 20.3 Å². The Kier molecular flexibility index (Phi) is 4.60. The van der Waals surface area contributed by atoms with Gasteiger partial charge in [-0.1, -0.05) is 25.1 Å². The van der Waals surface area contributed by atoms with Crippen LogP contribution in [0.3, 0.4) is 0 Å². The Bertz CT molecular complexity index is 635. The van der Waals surface area contributed by atoms with Crippen molar-refractivity contribution in [2.75, 3.05) is 17.4 Å². The number of rotatable bonds is 4. The van der Waals surface area contributed by atoms with Crippen molar-refractivity contribution >= 4 is 17.3 Å². The minimum atomic E-state index is -0.0906. The van der Waals surface area contributed by atoms with E-state index in [-0.39, 0.29) is 5.91 Å². The van der Waals surface area contributed by atoms with E-state index in [0.29, 0.717) is 11.3 Å². The number of hydrogen-bond acceptors (Lipinski definition) is 3. The number of anilines is 2. The van der Waals surface area contributed by atoms with E-state index < -0.39 is 0 Å². The zero-order valence-electron chi connectivity index (χ0n) is 12.7. The number of nitrogens with zero attached hydrogens (tertiary/aromatic N) is 1. The summed E-state index contributed by atoms with van der Waals surface area (Å²) < 4.78 is 0. The first-order valence-electron chi connectivity index (χ1n) is 7.01. The van der Waals surface area contributed by atoms with Gasteiger partial charge in [-0.05, 0) is 48.7 Å². The third-order valence-corrected chi connectivity index (χ3v) is 3.60. The molecular weight excluding hydrogens is 262 g/mol. The summed E-state index contributed by atoms with van der Waals surface area (Å²) in [5.41, 5.74) is 6.95. The second-order valence-electron chi connectivity index (χ2n) is 5.08. The Balaban J connectivity index is 2.30. The third-order valence-electron chi connectivity index (χ3n) is 3.60. The number of carbonyl (C=O) groups is 1. The van der Waals surface area contributed by atoms with Crippen molar-refractivity contribution in [3.63, 3.8) is 0 Å². The second kappa shape index (κ2) is 6.41. The molecule has 0 fully saturated rings. The van der Waals surface area contributed by atoms with Crippen LogP contribution >= 0.6 is 0 Å². The number of nitrogens with one attached hydrogen (secondary N) is 1. The fourth-order valence-electron chi connectivity index (χ4n) is 2.22. The first kappa shape index (κ1) is 15.1. The molecule has 110 valence electrons. The van der Waals surface area contributed by atoms with Gasteiger partial charge in [0.2, 0.25) is 0 Å². The van der Waals surface area contributed by atoms with Crippen molar-refractivity contribution in [1.82, 2.24) is 0 Å². The van der Waals surface area contributed by atoms with Crippen molar-refractivity contribution in [2.24, 2.45) is 5.84 Å². The fraction of sp³-hybridized carbons (Fsp3) is 0.235. The summed E-state index contributed by atoms with van der Waals surface area (Å²) in [5, 5.41) is 0. The fourth-order valence-corrected chi connectivity index (χ4v) is 2.22. The molecule has 0 atom stereocenters. The van der Waals surface area contributed by atoms with Gasteiger partial charge in [0.1, 0.15) is 0 Å². The maximum absolute atomic E-state index is 12.6. The molecular formula is C17H21N3O.